The zero-order chi connectivity index (χ0) is 25.3. The van der Waals surface area contributed by atoms with Gasteiger partial charge in [0.05, 0.1) is 14.9 Å². The Bertz CT molecular complexity index is 1260. The van der Waals surface area contributed by atoms with E-state index >= 15 is 0 Å². The van der Waals surface area contributed by atoms with Crippen molar-refractivity contribution in [1.82, 2.24) is 15.4 Å². The van der Waals surface area contributed by atoms with E-state index in [0.29, 0.717) is 6.54 Å². The molecule has 0 fully saturated rings. The van der Waals surface area contributed by atoms with Crippen LogP contribution in [0.4, 0.5) is 0 Å². The number of nitrogens with one attached hydrogen (secondary N) is 3. The number of hydrogen-bond donors (Lipinski definition) is 3. The molecule has 3 aromatic carbocycles. The van der Waals surface area contributed by atoms with Crippen molar-refractivity contribution in [3.63, 3.8) is 0 Å². The van der Waals surface area contributed by atoms with Crippen LogP contribution in [0, 0.1) is 0 Å². The first kappa shape index (κ1) is 26.7. The molecule has 10 heteroatoms. The number of halogens is 2. The number of amides is 2. The van der Waals surface area contributed by atoms with Crippen LogP contribution in [0.5, 0.6) is 0 Å². The van der Waals surface area contributed by atoms with Crippen molar-refractivity contribution in [3.05, 3.63) is 100 Å². The van der Waals surface area contributed by atoms with E-state index in [1.165, 1.54) is 18.2 Å². The summed E-state index contributed by atoms with van der Waals surface area (Å²) in [6.07, 6.45) is -0.0953. The summed E-state index contributed by atoms with van der Waals surface area (Å²) in [5.41, 5.74) is 1.78. The first-order valence-corrected chi connectivity index (χ1v) is 13.1. The maximum absolute atomic E-state index is 12.9. The standard InChI is InChI=1S/C25H25Cl2N3O4S/c26-21-12-11-20(15-22(21)27)35(33,34)30-23(25(32)29-17-19-9-5-2-6-10-19)13-14-24(31)28-16-18-7-3-1-4-8-18/h1-12,15,23,30H,13-14,16-17H2,(H,28,31)(H,29,32)/t23-/m0/s1. The topological polar surface area (TPSA) is 104 Å². The number of benzene rings is 3. The molecule has 0 spiro atoms. The van der Waals surface area contributed by atoms with Crippen LogP contribution in [0.1, 0.15) is 24.0 Å². The summed E-state index contributed by atoms with van der Waals surface area (Å²) < 4.78 is 28.3. The lowest BCUT2D eigenvalue weighted by Crippen LogP contribution is -2.47. The molecule has 0 aliphatic heterocycles. The highest BCUT2D eigenvalue weighted by Gasteiger charge is 2.26. The fourth-order valence-corrected chi connectivity index (χ4v) is 4.83. The molecule has 184 valence electrons. The molecule has 35 heavy (non-hydrogen) atoms. The number of carbonyl (C=O) groups excluding carboxylic acids is 2. The van der Waals surface area contributed by atoms with Crippen molar-refractivity contribution in [2.45, 2.75) is 36.9 Å². The molecule has 3 N–H and O–H groups in total. The van der Waals surface area contributed by atoms with E-state index in [2.05, 4.69) is 15.4 Å². The molecule has 3 aromatic rings. The molecule has 3 rings (SSSR count). The van der Waals surface area contributed by atoms with Gasteiger partial charge in [0.1, 0.15) is 6.04 Å². The van der Waals surface area contributed by atoms with Gasteiger partial charge in [0.2, 0.25) is 21.8 Å². The van der Waals surface area contributed by atoms with E-state index in [1.54, 1.807) is 0 Å². The van der Waals surface area contributed by atoms with Gasteiger partial charge in [0, 0.05) is 19.5 Å². The first-order valence-electron chi connectivity index (χ1n) is 10.8. The fraction of sp³-hybridized carbons (Fsp3) is 0.200. The normalized spacial score (nSPS) is 12.1. The van der Waals surface area contributed by atoms with Crippen molar-refractivity contribution in [2.24, 2.45) is 0 Å². The van der Waals surface area contributed by atoms with Gasteiger partial charge in [-0.3, -0.25) is 9.59 Å². The number of carbonyl (C=O) groups is 2. The molecule has 0 radical (unpaired) electrons. The highest BCUT2D eigenvalue weighted by atomic mass is 35.5. The monoisotopic (exact) mass is 533 g/mol. The summed E-state index contributed by atoms with van der Waals surface area (Å²) in [6.45, 7) is 0.546. The lowest BCUT2D eigenvalue weighted by molar-refractivity contribution is -0.124. The molecule has 0 saturated carbocycles. The largest absolute Gasteiger partial charge is 0.352 e. The van der Waals surface area contributed by atoms with E-state index in [1.807, 2.05) is 60.7 Å². The lowest BCUT2D eigenvalue weighted by atomic mass is 10.1. The van der Waals surface area contributed by atoms with Crippen molar-refractivity contribution in [2.75, 3.05) is 0 Å². The van der Waals surface area contributed by atoms with E-state index < -0.39 is 22.0 Å². The third-order valence-corrected chi connectivity index (χ3v) is 7.33. The minimum absolute atomic E-state index is 0.0399. The van der Waals surface area contributed by atoms with Gasteiger partial charge in [-0.15, -0.1) is 0 Å². The summed E-state index contributed by atoms with van der Waals surface area (Å²) in [7, 11) is -4.12. The van der Waals surface area contributed by atoms with Crippen molar-refractivity contribution in [3.8, 4) is 0 Å². The first-order chi connectivity index (χ1) is 16.7. The van der Waals surface area contributed by atoms with E-state index in [4.69, 9.17) is 23.2 Å². The van der Waals surface area contributed by atoms with Crippen LogP contribution in [0.2, 0.25) is 10.0 Å². The zero-order valence-electron chi connectivity index (χ0n) is 18.7. The Labute approximate surface area is 214 Å². The lowest BCUT2D eigenvalue weighted by Gasteiger charge is -2.19. The summed E-state index contributed by atoms with van der Waals surface area (Å²) in [5.74, 6) is -0.850. The van der Waals surface area contributed by atoms with E-state index in [0.717, 1.165) is 11.1 Å². The molecule has 1 atom stereocenters. The molecule has 0 saturated heterocycles. The summed E-state index contributed by atoms with van der Waals surface area (Å²) in [6, 6.07) is 21.3. The summed E-state index contributed by atoms with van der Waals surface area (Å²) >= 11 is 11.9. The Kier molecular flexibility index (Phi) is 9.68. The second-order valence-electron chi connectivity index (χ2n) is 7.75. The fourth-order valence-electron chi connectivity index (χ4n) is 3.21. The Morgan fingerprint density at radius 3 is 1.91 bits per heavy atom. The van der Waals surface area contributed by atoms with Gasteiger partial charge in [-0.25, -0.2) is 8.42 Å². The average molecular weight is 534 g/mol. The highest BCUT2D eigenvalue weighted by Crippen LogP contribution is 2.25. The predicted molar refractivity (Wildman–Crippen MR) is 136 cm³/mol. The zero-order valence-corrected chi connectivity index (χ0v) is 21.0. The molecule has 0 unspecified atom stereocenters. The maximum atomic E-state index is 12.9. The third kappa shape index (κ3) is 8.36. The smallest absolute Gasteiger partial charge is 0.241 e. The van der Waals surface area contributed by atoms with Gasteiger partial charge in [-0.1, -0.05) is 83.9 Å². The molecule has 2 amide bonds. The molecule has 0 heterocycles. The third-order valence-electron chi connectivity index (χ3n) is 5.12. The molecule has 0 aliphatic rings. The average Bonchev–Trinajstić information content (AvgIpc) is 2.86. The Hall–Kier alpha value is -2.91. The quantitative estimate of drug-likeness (QED) is 0.345. The Balaban J connectivity index is 1.68. The van der Waals surface area contributed by atoms with Crippen LogP contribution in [-0.2, 0) is 32.7 Å². The molecular weight excluding hydrogens is 509 g/mol. The number of hydrogen-bond acceptors (Lipinski definition) is 4. The van der Waals surface area contributed by atoms with Gasteiger partial charge in [0.15, 0.2) is 0 Å². The summed E-state index contributed by atoms with van der Waals surface area (Å²) in [5, 5.41) is 5.79. The minimum atomic E-state index is -4.12. The van der Waals surface area contributed by atoms with Gasteiger partial charge < -0.3 is 10.6 Å². The van der Waals surface area contributed by atoms with Gasteiger partial charge in [-0.05, 0) is 35.7 Å². The Morgan fingerprint density at radius 2 is 1.34 bits per heavy atom. The molecule has 0 bridgehead atoms. The van der Waals surface area contributed by atoms with Crippen LogP contribution in [0.15, 0.2) is 83.8 Å². The van der Waals surface area contributed by atoms with E-state index in [9.17, 15) is 18.0 Å². The number of rotatable bonds is 11. The maximum Gasteiger partial charge on any atom is 0.241 e. The molecule has 7 nitrogen and oxygen atoms in total. The van der Waals surface area contributed by atoms with Crippen LogP contribution < -0.4 is 15.4 Å². The van der Waals surface area contributed by atoms with E-state index in [-0.39, 0.29) is 40.2 Å². The summed E-state index contributed by atoms with van der Waals surface area (Å²) in [4.78, 5) is 25.2. The van der Waals surface area contributed by atoms with Crippen LogP contribution in [0.25, 0.3) is 0 Å². The highest BCUT2D eigenvalue weighted by molar-refractivity contribution is 7.89. The SMILES string of the molecule is O=C(CC[C@H](NS(=O)(=O)c1ccc(Cl)c(Cl)c1)C(=O)NCc1ccccc1)NCc1ccccc1. The molecular formula is C25H25Cl2N3O4S. The van der Waals surface area contributed by atoms with Gasteiger partial charge in [-0.2, -0.15) is 4.72 Å². The second kappa shape index (κ2) is 12.7. The molecule has 0 aromatic heterocycles. The van der Waals surface area contributed by atoms with Gasteiger partial charge >= 0.3 is 0 Å². The minimum Gasteiger partial charge on any atom is -0.352 e. The van der Waals surface area contributed by atoms with Crippen LogP contribution in [-0.4, -0.2) is 26.3 Å². The van der Waals surface area contributed by atoms with Crippen LogP contribution >= 0.6 is 23.2 Å². The van der Waals surface area contributed by atoms with Gasteiger partial charge in [0.25, 0.3) is 0 Å². The number of sulfonamides is 1. The second-order valence-corrected chi connectivity index (χ2v) is 10.3. The molecule has 0 aliphatic carbocycles. The predicted octanol–water partition coefficient (Wildman–Crippen LogP) is 4.05. The van der Waals surface area contributed by atoms with Crippen molar-refractivity contribution >= 4 is 45.0 Å². The van der Waals surface area contributed by atoms with Crippen LogP contribution in [0.3, 0.4) is 0 Å². The van der Waals surface area contributed by atoms with Crippen molar-refractivity contribution in [1.29, 1.82) is 0 Å². The van der Waals surface area contributed by atoms with Crippen molar-refractivity contribution < 1.29 is 18.0 Å². The Morgan fingerprint density at radius 1 is 0.771 bits per heavy atom.